The highest BCUT2D eigenvalue weighted by molar-refractivity contribution is 5.20. The summed E-state index contributed by atoms with van der Waals surface area (Å²) >= 11 is 0. The minimum atomic E-state index is 0.408. The third kappa shape index (κ3) is 2.94. The highest BCUT2D eigenvalue weighted by atomic mass is 15.1. The molecular formula is C14H19N3. The first kappa shape index (κ1) is 11.9. The molecule has 0 radical (unpaired) electrons. The molecule has 0 saturated carbocycles. The Kier molecular flexibility index (Phi) is 3.94. The number of benzene rings is 1. The van der Waals surface area contributed by atoms with Crippen molar-refractivity contribution >= 4 is 0 Å². The second kappa shape index (κ2) is 5.64. The molecule has 0 aliphatic carbocycles. The molecule has 0 aliphatic rings. The van der Waals surface area contributed by atoms with E-state index in [4.69, 9.17) is 0 Å². The first-order valence-corrected chi connectivity index (χ1v) is 6.08. The van der Waals surface area contributed by atoms with E-state index in [1.807, 2.05) is 13.1 Å². The molecule has 0 aliphatic heterocycles. The van der Waals surface area contributed by atoms with Gasteiger partial charge in [-0.05, 0) is 18.9 Å². The average Bonchev–Trinajstić information content (AvgIpc) is 2.77. The Bertz CT molecular complexity index is 448. The smallest absolute Gasteiger partial charge is 0.0535 e. The number of hydrogen-bond donors (Lipinski definition) is 2. The van der Waals surface area contributed by atoms with Gasteiger partial charge in [-0.25, -0.2) is 0 Å². The number of nitrogens with zero attached hydrogens (tertiary/aromatic N) is 1. The van der Waals surface area contributed by atoms with Gasteiger partial charge < -0.3 is 5.32 Å². The molecule has 3 heteroatoms. The van der Waals surface area contributed by atoms with Gasteiger partial charge in [0, 0.05) is 23.8 Å². The molecule has 17 heavy (non-hydrogen) atoms. The minimum absolute atomic E-state index is 0.408. The van der Waals surface area contributed by atoms with Gasteiger partial charge in [0.15, 0.2) is 0 Å². The van der Waals surface area contributed by atoms with Crippen molar-refractivity contribution in [3.05, 3.63) is 53.3 Å². The quantitative estimate of drug-likeness (QED) is 0.827. The summed E-state index contributed by atoms with van der Waals surface area (Å²) in [5, 5.41) is 10.6. The third-order valence-corrected chi connectivity index (χ3v) is 3.08. The standard InChI is InChI=1S/C14H19N3/c1-3-14(12-7-5-4-6-8-12)15-9-13-10-16-17-11(13)2/h4-8,10,14-15H,3,9H2,1-2H3,(H,16,17). The number of H-pyrrole nitrogens is 1. The maximum absolute atomic E-state index is 4.03. The van der Waals surface area contributed by atoms with E-state index in [2.05, 4.69) is 52.8 Å². The van der Waals surface area contributed by atoms with Crippen LogP contribution in [0.2, 0.25) is 0 Å². The normalized spacial score (nSPS) is 12.6. The third-order valence-electron chi connectivity index (χ3n) is 3.08. The van der Waals surface area contributed by atoms with Crippen LogP contribution in [0, 0.1) is 6.92 Å². The molecular weight excluding hydrogens is 210 g/mol. The zero-order chi connectivity index (χ0) is 12.1. The second-order valence-corrected chi connectivity index (χ2v) is 4.27. The maximum Gasteiger partial charge on any atom is 0.0535 e. The predicted molar refractivity (Wildman–Crippen MR) is 69.6 cm³/mol. The Labute approximate surface area is 102 Å². The lowest BCUT2D eigenvalue weighted by Crippen LogP contribution is -2.20. The van der Waals surface area contributed by atoms with Crippen LogP contribution in [0.3, 0.4) is 0 Å². The number of rotatable bonds is 5. The number of aromatic nitrogens is 2. The van der Waals surface area contributed by atoms with Gasteiger partial charge >= 0.3 is 0 Å². The minimum Gasteiger partial charge on any atom is -0.306 e. The van der Waals surface area contributed by atoms with E-state index in [9.17, 15) is 0 Å². The highest BCUT2D eigenvalue weighted by Gasteiger charge is 2.09. The predicted octanol–water partition coefficient (Wildman–Crippen LogP) is 2.96. The molecule has 0 bridgehead atoms. The molecule has 2 rings (SSSR count). The lowest BCUT2D eigenvalue weighted by molar-refractivity contribution is 0.518. The second-order valence-electron chi connectivity index (χ2n) is 4.27. The summed E-state index contributed by atoms with van der Waals surface area (Å²) in [6.07, 6.45) is 2.97. The molecule has 1 heterocycles. The van der Waals surface area contributed by atoms with Gasteiger partial charge in [0.2, 0.25) is 0 Å². The molecule has 2 N–H and O–H groups in total. The van der Waals surface area contributed by atoms with E-state index in [1.165, 1.54) is 11.1 Å². The fourth-order valence-electron chi connectivity index (χ4n) is 1.97. The van der Waals surface area contributed by atoms with Crippen molar-refractivity contribution in [2.75, 3.05) is 0 Å². The van der Waals surface area contributed by atoms with E-state index in [0.717, 1.165) is 18.7 Å². The number of aromatic amines is 1. The summed E-state index contributed by atoms with van der Waals surface area (Å²) in [5.74, 6) is 0. The summed E-state index contributed by atoms with van der Waals surface area (Å²) in [7, 11) is 0. The first-order chi connectivity index (χ1) is 8.31. The van der Waals surface area contributed by atoms with Crippen molar-refractivity contribution in [3.63, 3.8) is 0 Å². The van der Waals surface area contributed by atoms with Gasteiger partial charge in [-0.3, -0.25) is 5.10 Å². The molecule has 0 amide bonds. The Morgan fingerprint density at radius 1 is 1.29 bits per heavy atom. The van der Waals surface area contributed by atoms with Crippen LogP contribution in [0.4, 0.5) is 0 Å². The van der Waals surface area contributed by atoms with Crippen LogP contribution in [0.15, 0.2) is 36.5 Å². The van der Waals surface area contributed by atoms with Crippen molar-refractivity contribution < 1.29 is 0 Å². The summed E-state index contributed by atoms with van der Waals surface area (Å²) in [5.41, 5.74) is 3.72. The molecule has 1 atom stereocenters. The van der Waals surface area contributed by atoms with Gasteiger partial charge in [-0.1, -0.05) is 37.3 Å². The van der Waals surface area contributed by atoms with E-state index >= 15 is 0 Å². The molecule has 2 aromatic rings. The van der Waals surface area contributed by atoms with Crippen LogP contribution in [-0.2, 0) is 6.54 Å². The fourth-order valence-corrected chi connectivity index (χ4v) is 1.97. The summed E-state index contributed by atoms with van der Waals surface area (Å²) in [6.45, 7) is 5.11. The van der Waals surface area contributed by atoms with Crippen LogP contribution in [-0.4, -0.2) is 10.2 Å². The van der Waals surface area contributed by atoms with E-state index in [1.54, 1.807) is 0 Å². The van der Waals surface area contributed by atoms with E-state index in [0.29, 0.717) is 6.04 Å². The van der Waals surface area contributed by atoms with Crippen molar-refractivity contribution in [2.24, 2.45) is 0 Å². The van der Waals surface area contributed by atoms with Crippen LogP contribution < -0.4 is 5.32 Å². The molecule has 0 spiro atoms. The average molecular weight is 229 g/mol. The van der Waals surface area contributed by atoms with Crippen molar-refractivity contribution in [1.29, 1.82) is 0 Å². The monoisotopic (exact) mass is 229 g/mol. The molecule has 1 aromatic carbocycles. The van der Waals surface area contributed by atoms with Crippen LogP contribution in [0.1, 0.15) is 36.2 Å². The zero-order valence-electron chi connectivity index (χ0n) is 10.4. The Hall–Kier alpha value is -1.61. The summed E-state index contributed by atoms with van der Waals surface area (Å²) < 4.78 is 0. The van der Waals surface area contributed by atoms with Crippen molar-refractivity contribution in [3.8, 4) is 0 Å². The fraction of sp³-hybridized carbons (Fsp3) is 0.357. The Balaban J connectivity index is 1.99. The lowest BCUT2D eigenvalue weighted by atomic mass is 10.0. The molecule has 1 unspecified atom stereocenters. The van der Waals surface area contributed by atoms with Crippen LogP contribution in [0.5, 0.6) is 0 Å². The van der Waals surface area contributed by atoms with Crippen molar-refractivity contribution in [2.45, 2.75) is 32.9 Å². The molecule has 0 fully saturated rings. The number of aryl methyl sites for hydroxylation is 1. The lowest BCUT2D eigenvalue weighted by Gasteiger charge is -2.17. The van der Waals surface area contributed by atoms with E-state index < -0.39 is 0 Å². The van der Waals surface area contributed by atoms with Gasteiger partial charge in [-0.2, -0.15) is 5.10 Å². The largest absolute Gasteiger partial charge is 0.306 e. The summed E-state index contributed by atoms with van der Waals surface area (Å²) in [6, 6.07) is 11.0. The van der Waals surface area contributed by atoms with Gasteiger partial charge in [0.25, 0.3) is 0 Å². The Morgan fingerprint density at radius 2 is 2.06 bits per heavy atom. The summed E-state index contributed by atoms with van der Waals surface area (Å²) in [4.78, 5) is 0. The highest BCUT2D eigenvalue weighted by Crippen LogP contribution is 2.16. The number of nitrogens with one attached hydrogen (secondary N) is 2. The molecule has 3 nitrogen and oxygen atoms in total. The van der Waals surface area contributed by atoms with Gasteiger partial charge in [0.05, 0.1) is 6.20 Å². The zero-order valence-corrected chi connectivity index (χ0v) is 10.4. The van der Waals surface area contributed by atoms with Gasteiger partial charge in [0.1, 0.15) is 0 Å². The molecule has 90 valence electrons. The van der Waals surface area contributed by atoms with Crippen LogP contribution >= 0.6 is 0 Å². The molecule has 0 saturated heterocycles. The van der Waals surface area contributed by atoms with Crippen molar-refractivity contribution in [1.82, 2.24) is 15.5 Å². The number of hydrogen-bond acceptors (Lipinski definition) is 2. The van der Waals surface area contributed by atoms with E-state index in [-0.39, 0.29) is 0 Å². The molecule has 1 aromatic heterocycles. The first-order valence-electron chi connectivity index (χ1n) is 6.08. The maximum atomic E-state index is 4.03. The van der Waals surface area contributed by atoms with Gasteiger partial charge in [-0.15, -0.1) is 0 Å². The van der Waals surface area contributed by atoms with Crippen LogP contribution in [0.25, 0.3) is 0 Å². The topological polar surface area (TPSA) is 40.7 Å². The SMILES string of the molecule is CCC(NCc1cn[nH]c1C)c1ccccc1. The Morgan fingerprint density at radius 3 is 2.65 bits per heavy atom.